The topological polar surface area (TPSA) is 47.6 Å². The highest BCUT2D eigenvalue weighted by Crippen LogP contribution is 2.38. The van der Waals surface area contributed by atoms with Crippen molar-refractivity contribution in [3.63, 3.8) is 0 Å². The van der Waals surface area contributed by atoms with Crippen molar-refractivity contribution in [3.8, 4) is 5.75 Å². The molecule has 1 heterocycles. The van der Waals surface area contributed by atoms with Crippen molar-refractivity contribution in [1.82, 2.24) is 5.32 Å². The molecule has 1 aromatic carbocycles. The lowest BCUT2D eigenvalue weighted by Gasteiger charge is -2.24. The maximum atomic E-state index is 12.0. The Labute approximate surface area is 148 Å². The highest BCUT2D eigenvalue weighted by molar-refractivity contribution is 6.30. The first-order valence-electron chi connectivity index (χ1n) is 9.03. The number of amides is 1. The minimum absolute atomic E-state index is 0.0358. The Kier molecular flexibility index (Phi) is 6.38. The van der Waals surface area contributed by atoms with E-state index in [1.165, 1.54) is 32.1 Å². The largest absolute Gasteiger partial charge is 0.483 e. The minimum atomic E-state index is -0.102. The maximum absolute atomic E-state index is 12.0. The lowest BCUT2D eigenvalue weighted by Crippen LogP contribution is -2.35. The molecule has 3 rings (SSSR count). The van der Waals surface area contributed by atoms with Gasteiger partial charge in [0.15, 0.2) is 6.61 Å². The monoisotopic (exact) mass is 351 g/mol. The minimum Gasteiger partial charge on any atom is -0.483 e. The Hall–Kier alpha value is -1.26. The van der Waals surface area contributed by atoms with Gasteiger partial charge < -0.3 is 14.8 Å². The molecule has 1 N–H and O–H groups in total. The molecular weight excluding hydrogens is 326 g/mol. The highest BCUT2D eigenvalue weighted by Gasteiger charge is 2.21. The number of ether oxygens (including phenoxy) is 2. The Morgan fingerprint density at radius 3 is 2.79 bits per heavy atom. The number of hydrogen-bond acceptors (Lipinski definition) is 3. The summed E-state index contributed by atoms with van der Waals surface area (Å²) in [6.07, 6.45) is 8.39. The second-order valence-corrected chi connectivity index (χ2v) is 7.18. The first-order chi connectivity index (χ1) is 11.7. The zero-order valence-electron chi connectivity index (χ0n) is 14.1. The van der Waals surface area contributed by atoms with Crippen molar-refractivity contribution in [2.45, 2.75) is 57.0 Å². The molecule has 1 unspecified atom stereocenters. The summed E-state index contributed by atoms with van der Waals surface area (Å²) in [6.45, 7) is 1.40. The Bertz CT molecular complexity index is 552. The summed E-state index contributed by atoms with van der Waals surface area (Å²) >= 11 is 6.17. The van der Waals surface area contributed by atoms with Crippen LogP contribution in [0.2, 0.25) is 5.02 Å². The van der Waals surface area contributed by atoms with Gasteiger partial charge in [0.25, 0.3) is 5.91 Å². The third-order valence-electron chi connectivity index (χ3n) is 4.93. The van der Waals surface area contributed by atoms with Gasteiger partial charge in [-0.3, -0.25) is 4.79 Å². The normalized spacial score (nSPS) is 21.6. The van der Waals surface area contributed by atoms with Gasteiger partial charge in [-0.25, -0.2) is 0 Å². The fourth-order valence-electron chi connectivity index (χ4n) is 3.61. The van der Waals surface area contributed by atoms with E-state index in [2.05, 4.69) is 5.32 Å². The summed E-state index contributed by atoms with van der Waals surface area (Å²) in [5.41, 5.74) is 1.15. The zero-order chi connectivity index (χ0) is 16.8. The number of nitrogens with one attached hydrogen (secondary N) is 1. The molecule has 24 heavy (non-hydrogen) atoms. The second kappa shape index (κ2) is 8.72. The molecule has 5 heteroatoms. The van der Waals surface area contributed by atoms with Crippen LogP contribution in [0.4, 0.5) is 0 Å². The number of benzene rings is 1. The van der Waals surface area contributed by atoms with E-state index in [1.807, 2.05) is 18.2 Å². The molecule has 132 valence electrons. The van der Waals surface area contributed by atoms with Crippen LogP contribution in [-0.4, -0.2) is 31.8 Å². The Morgan fingerprint density at radius 1 is 1.21 bits per heavy atom. The predicted molar refractivity (Wildman–Crippen MR) is 94.8 cm³/mol. The predicted octanol–water partition coefficient (Wildman–Crippen LogP) is 4.06. The van der Waals surface area contributed by atoms with Crippen molar-refractivity contribution in [2.75, 3.05) is 19.8 Å². The molecule has 1 aliphatic carbocycles. The molecule has 1 atom stereocenters. The molecular formula is C19H26ClNO3. The molecule has 1 saturated heterocycles. The number of rotatable bonds is 6. The molecule has 1 aromatic rings. The summed E-state index contributed by atoms with van der Waals surface area (Å²) in [6, 6.07) is 5.71. The lowest BCUT2D eigenvalue weighted by atomic mass is 9.84. The average molecular weight is 352 g/mol. The smallest absolute Gasteiger partial charge is 0.258 e. The third kappa shape index (κ3) is 4.87. The van der Waals surface area contributed by atoms with Gasteiger partial charge in [0.1, 0.15) is 5.75 Å². The molecule has 1 aliphatic heterocycles. The van der Waals surface area contributed by atoms with Gasteiger partial charge in [0, 0.05) is 18.2 Å². The lowest BCUT2D eigenvalue weighted by molar-refractivity contribution is -0.123. The van der Waals surface area contributed by atoms with E-state index in [0.717, 1.165) is 35.8 Å². The molecule has 0 aromatic heterocycles. The molecule has 0 bridgehead atoms. The van der Waals surface area contributed by atoms with E-state index in [9.17, 15) is 4.79 Å². The van der Waals surface area contributed by atoms with Crippen molar-refractivity contribution in [1.29, 1.82) is 0 Å². The van der Waals surface area contributed by atoms with Crippen LogP contribution in [0.15, 0.2) is 18.2 Å². The van der Waals surface area contributed by atoms with Crippen molar-refractivity contribution < 1.29 is 14.3 Å². The Balaban J connectivity index is 1.54. The number of carbonyl (C=O) groups is 1. The highest BCUT2D eigenvalue weighted by atomic mass is 35.5. The molecule has 1 amide bonds. The van der Waals surface area contributed by atoms with Gasteiger partial charge in [0.2, 0.25) is 0 Å². The number of halogens is 1. The maximum Gasteiger partial charge on any atom is 0.258 e. The SMILES string of the molecule is O=C(COc1ccc(Cl)cc1C1CCCCC1)NCC1CCCO1. The Morgan fingerprint density at radius 2 is 2.04 bits per heavy atom. The van der Waals surface area contributed by atoms with E-state index in [1.54, 1.807) is 0 Å². The van der Waals surface area contributed by atoms with Crippen LogP contribution in [0.1, 0.15) is 56.4 Å². The first-order valence-corrected chi connectivity index (χ1v) is 9.41. The number of hydrogen-bond donors (Lipinski definition) is 1. The zero-order valence-corrected chi connectivity index (χ0v) is 14.8. The van der Waals surface area contributed by atoms with Crippen LogP contribution in [-0.2, 0) is 9.53 Å². The first kappa shape index (κ1) is 17.6. The third-order valence-corrected chi connectivity index (χ3v) is 5.16. The van der Waals surface area contributed by atoms with Gasteiger partial charge in [-0.2, -0.15) is 0 Å². The summed E-state index contributed by atoms with van der Waals surface area (Å²) in [5, 5.41) is 3.62. The van der Waals surface area contributed by atoms with Crippen LogP contribution in [0.25, 0.3) is 0 Å². The van der Waals surface area contributed by atoms with Crippen LogP contribution in [0, 0.1) is 0 Å². The van der Waals surface area contributed by atoms with Gasteiger partial charge in [-0.1, -0.05) is 30.9 Å². The molecule has 4 nitrogen and oxygen atoms in total. The summed E-state index contributed by atoms with van der Waals surface area (Å²) in [7, 11) is 0. The summed E-state index contributed by atoms with van der Waals surface area (Å²) < 4.78 is 11.3. The van der Waals surface area contributed by atoms with Crippen LogP contribution in [0.5, 0.6) is 5.75 Å². The van der Waals surface area contributed by atoms with E-state index < -0.39 is 0 Å². The van der Waals surface area contributed by atoms with E-state index in [4.69, 9.17) is 21.1 Å². The fourth-order valence-corrected chi connectivity index (χ4v) is 3.79. The average Bonchev–Trinajstić information content (AvgIpc) is 3.13. The fraction of sp³-hybridized carbons (Fsp3) is 0.632. The van der Waals surface area contributed by atoms with Crippen molar-refractivity contribution >= 4 is 17.5 Å². The molecule has 2 aliphatic rings. The van der Waals surface area contributed by atoms with Gasteiger partial charge in [0.05, 0.1) is 6.10 Å². The standard InChI is InChI=1S/C19H26ClNO3/c20-15-8-9-18(17(11-15)14-5-2-1-3-6-14)24-13-19(22)21-12-16-7-4-10-23-16/h8-9,11,14,16H,1-7,10,12-13H2,(H,21,22). The summed E-state index contributed by atoms with van der Waals surface area (Å²) in [4.78, 5) is 12.0. The summed E-state index contributed by atoms with van der Waals surface area (Å²) in [5.74, 6) is 1.18. The quantitative estimate of drug-likeness (QED) is 0.840. The second-order valence-electron chi connectivity index (χ2n) is 6.74. The molecule has 0 spiro atoms. The van der Waals surface area contributed by atoms with Crippen LogP contribution < -0.4 is 10.1 Å². The van der Waals surface area contributed by atoms with Crippen molar-refractivity contribution in [2.24, 2.45) is 0 Å². The van der Waals surface area contributed by atoms with Gasteiger partial charge in [-0.05, 0) is 55.4 Å². The molecule has 0 radical (unpaired) electrons. The molecule has 1 saturated carbocycles. The van der Waals surface area contributed by atoms with Crippen LogP contribution >= 0.6 is 11.6 Å². The van der Waals surface area contributed by atoms with Gasteiger partial charge in [-0.15, -0.1) is 0 Å². The van der Waals surface area contributed by atoms with Crippen LogP contribution in [0.3, 0.4) is 0 Å². The van der Waals surface area contributed by atoms with E-state index in [-0.39, 0.29) is 18.6 Å². The van der Waals surface area contributed by atoms with E-state index in [0.29, 0.717) is 12.5 Å². The molecule has 2 fully saturated rings. The van der Waals surface area contributed by atoms with Crippen molar-refractivity contribution in [3.05, 3.63) is 28.8 Å². The van der Waals surface area contributed by atoms with Gasteiger partial charge >= 0.3 is 0 Å². The number of carbonyl (C=O) groups excluding carboxylic acids is 1. The van der Waals surface area contributed by atoms with E-state index >= 15 is 0 Å².